The van der Waals surface area contributed by atoms with Gasteiger partial charge in [0.2, 0.25) is 0 Å². The second-order valence-corrected chi connectivity index (χ2v) is 5.14. The molecule has 0 bridgehead atoms. The van der Waals surface area contributed by atoms with Crippen molar-refractivity contribution in [2.45, 2.75) is 19.2 Å². The average Bonchev–Trinajstić information content (AvgIpc) is 2.86. The van der Waals surface area contributed by atoms with Crippen molar-refractivity contribution in [1.29, 1.82) is 0 Å². The van der Waals surface area contributed by atoms with Crippen molar-refractivity contribution in [2.24, 2.45) is 0 Å². The van der Waals surface area contributed by atoms with E-state index in [4.69, 9.17) is 0 Å². The molecule has 1 aromatic carbocycles. The zero-order valence-electron chi connectivity index (χ0n) is 11.6. The number of aromatic amines is 1. The summed E-state index contributed by atoms with van der Waals surface area (Å²) in [5.74, 6) is 0. The van der Waals surface area contributed by atoms with Gasteiger partial charge in [-0.25, -0.2) is 0 Å². The first kappa shape index (κ1) is 14.6. The van der Waals surface area contributed by atoms with Gasteiger partial charge in [-0.05, 0) is 36.2 Å². The van der Waals surface area contributed by atoms with E-state index in [-0.39, 0.29) is 11.1 Å². The van der Waals surface area contributed by atoms with E-state index in [1.807, 2.05) is 13.1 Å². The van der Waals surface area contributed by atoms with Crippen LogP contribution < -0.4 is 0 Å². The Kier molecular flexibility index (Phi) is 3.41. The Morgan fingerprint density at radius 3 is 2.73 bits per heavy atom. The van der Waals surface area contributed by atoms with Crippen LogP contribution in [0.25, 0.3) is 22.0 Å². The molecule has 0 spiro atoms. The average molecular weight is 306 g/mol. The van der Waals surface area contributed by atoms with Crippen molar-refractivity contribution in [3.63, 3.8) is 0 Å². The van der Waals surface area contributed by atoms with E-state index in [1.54, 1.807) is 18.2 Å². The molecule has 0 saturated carbocycles. The molecule has 0 aliphatic carbocycles. The molecule has 0 amide bonds. The predicted octanol–water partition coefficient (Wildman–Crippen LogP) is 4.13. The Morgan fingerprint density at radius 2 is 2.00 bits per heavy atom. The summed E-state index contributed by atoms with van der Waals surface area (Å²) in [6.07, 6.45) is -2.83. The first-order valence-electron chi connectivity index (χ1n) is 6.64. The molecular weight excluding hydrogens is 293 g/mol. The van der Waals surface area contributed by atoms with Crippen LogP contribution in [0, 0.1) is 6.92 Å². The molecular formula is C16H13F3N2O. The Morgan fingerprint density at radius 1 is 1.23 bits per heavy atom. The summed E-state index contributed by atoms with van der Waals surface area (Å²) in [7, 11) is 0. The van der Waals surface area contributed by atoms with Gasteiger partial charge in [-0.15, -0.1) is 0 Å². The maximum atomic E-state index is 12.8. The lowest BCUT2D eigenvalue weighted by Crippen LogP contribution is -2.20. The lowest BCUT2D eigenvalue weighted by Gasteiger charge is -2.18. The predicted molar refractivity (Wildman–Crippen MR) is 77.3 cm³/mol. The van der Waals surface area contributed by atoms with Crippen LogP contribution in [0.5, 0.6) is 0 Å². The number of aromatic nitrogens is 2. The van der Waals surface area contributed by atoms with Crippen molar-refractivity contribution in [3.05, 3.63) is 54.0 Å². The van der Waals surface area contributed by atoms with E-state index in [0.717, 1.165) is 16.5 Å². The van der Waals surface area contributed by atoms with Crippen LogP contribution in [0.2, 0.25) is 0 Å². The number of nitrogens with zero attached hydrogens (tertiary/aromatic N) is 1. The van der Waals surface area contributed by atoms with Crippen molar-refractivity contribution < 1.29 is 18.3 Å². The molecule has 0 aliphatic heterocycles. The Labute approximate surface area is 124 Å². The summed E-state index contributed by atoms with van der Waals surface area (Å²) in [4.78, 5) is 6.97. The van der Waals surface area contributed by atoms with E-state index in [2.05, 4.69) is 9.97 Å². The fraction of sp³-hybridized carbons (Fsp3) is 0.188. The third-order valence-electron chi connectivity index (χ3n) is 3.66. The lowest BCUT2D eigenvalue weighted by molar-refractivity contribution is -0.206. The van der Waals surface area contributed by atoms with E-state index in [0.29, 0.717) is 5.56 Å². The number of alkyl halides is 3. The van der Waals surface area contributed by atoms with Crippen molar-refractivity contribution in [2.75, 3.05) is 0 Å². The first-order chi connectivity index (χ1) is 10.4. The number of benzene rings is 1. The van der Waals surface area contributed by atoms with Crippen LogP contribution >= 0.6 is 0 Å². The van der Waals surface area contributed by atoms with Crippen LogP contribution in [-0.4, -0.2) is 21.3 Å². The van der Waals surface area contributed by atoms with Gasteiger partial charge < -0.3 is 10.1 Å². The molecule has 0 aliphatic rings. The smallest absolute Gasteiger partial charge is 0.379 e. The number of H-pyrrole nitrogens is 1. The van der Waals surface area contributed by atoms with Gasteiger partial charge >= 0.3 is 6.18 Å². The zero-order valence-corrected chi connectivity index (χ0v) is 11.6. The molecule has 1 unspecified atom stereocenters. The number of hydrogen-bond acceptors (Lipinski definition) is 2. The molecule has 2 heterocycles. The SMILES string of the molecule is Cc1c[nH]c2ccc(-c3cnccc3C(O)C(F)(F)F)cc12. The maximum Gasteiger partial charge on any atom is 0.418 e. The minimum atomic E-state index is -4.72. The molecule has 3 nitrogen and oxygen atoms in total. The number of aryl methyl sites for hydroxylation is 1. The monoisotopic (exact) mass is 306 g/mol. The molecule has 2 aromatic heterocycles. The highest BCUT2D eigenvalue weighted by atomic mass is 19.4. The molecule has 1 atom stereocenters. The number of nitrogens with one attached hydrogen (secondary N) is 1. The fourth-order valence-corrected chi connectivity index (χ4v) is 2.49. The Hall–Kier alpha value is -2.34. The summed E-state index contributed by atoms with van der Waals surface area (Å²) in [5, 5.41) is 10.5. The summed E-state index contributed by atoms with van der Waals surface area (Å²) >= 11 is 0. The van der Waals surface area contributed by atoms with Gasteiger partial charge in [0.15, 0.2) is 6.10 Å². The Balaban J connectivity index is 2.16. The van der Waals surface area contributed by atoms with Gasteiger partial charge in [0.1, 0.15) is 0 Å². The number of aliphatic hydroxyl groups excluding tert-OH is 1. The number of hydrogen-bond donors (Lipinski definition) is 2. The molecule has 3 aromatic rings. The molecule has 0 radical (unpaired) electrons. The minimum Gasteiger partial charge on any atom is -0.379 e. The van der Waals surface area contributed by atoms with Gasteiger partial charge in [0.05, 0.1) is 0 Å². The van der Waals surface area contributed by atoms with Crippen LogP contribution in [0.15, 0.2) is 42.9 Å². The van der Waals surface area contributed by atoms with Gasteiger partial charge in [-0.3, -0.25) is 4.98 Å². The van der Waals surface area contributed by atoms with Crippen LogP contribution in [0.4, 0.5) is 13.2 Å². The van der Waals surface area contributed by atoms with Gasteiger partial charge in [-0.2, -0.15) is 13.2 Å². The minimum absolute atomic E-state index is 0.199. The normalized spacial score (nSPS) is 13.5. The first-order valence-corrected chi connectivity index (χ1v) is 6.64. The van der Waals surface area contributed by atoms with Crippen molar-refractivity contribution in [3.8, 4) is 11.1 Å². The number of halogens is 3. The summed E-state index contributed by atoms with van der Waals surface area (Å²) in [6.45, 7) is 1.91. The van der Waals surface area contributed by atoms with Crippen LogP contribution in [0.1, 0.15) is 17.2 Å². The van der Waals surface area contributed by atoms with E-state index >= 15 is 0 Å². The highest BCUT2D eigenvalue weighted by Crippen LogP contribution is 2.38. The van der Waals surface area contributed by atoms with Crippen molar-refractivity contribution in [1.82, 2.24) is 9.97 Å². The number of pyridine rings is 1. The second-order valence-electron chi connectivity index (χ2n) is 5.14. The van der Waals surface area contributed by atoms with E-state index in [9.17, 15) is 18.3 Å². The highest BCUT2D eigenvalue weighted by Gasteiger charge is 2.40. The van der Waals surface area contributed by atoms with Gasteiger partial charge in [0.25, 0.3) is 0 Å². The van der Waals surface area contributed by atoms with Gasteiger partial charge in [0, 0.05) is 40.6 Å². The molecule has 0 saturated heterocycles. The maximum absolute atomic E-state index is 12.8. The summed E-state index contributed by atoms with van der Waals surface area (Å²) in [5.41, 5.74) is 2.56. The quantitative estimate of drug-likeness (QED) is 0.748. The van der Waals surface area contributed by atoms with Crippen molar-refractivity contribution >= 4 is 10.9 Å². The van der Waals surface area contributed by atoms with E-state index < -0.39 is 12.3 Å². The fourth-order valence-electron chi connectivity index (χ4n) is 2.49. The topological polar surface area (TPSA) is 48.9 Å². The van der Waals surface area contributed by atoms with Crippen LogP contribution in [0.3, 0.4) is 0 Å². The Bertz CT molecular complexity index is 824. The van der Waals surface area contributed by atoms with Gasteiger partial charge in [-0.1, -0.05) is 6.07 Å². The number of rotatable bonds is 2. The molecule has 114 valence electrons. The zero-order chi connectivity index (χ0) is 15.9. The standard InChI is InChI=1S/C16H13F3N2O/c1-9-7-21-14-3-2-10(6-12(9)14)13-8-20-5-4-11(13)15(22)16(17,18)19/h2-8,15,21-22H,1H3. The summed E-state index contributed by atoms with van der Waals surface area (Å²) < 4.78 is 38.5. The summed E-state index contributed by atoms with van der Waals surface area (Å²) in [6, 6.07) is 6.50. The lowest BCUT2D eigenvalue weighted by atomic mass is 9.97. The van der Waals surface area contributed by atoms with E-state index in [1.165, 1.54) is 18.5 Å². The molecule has 22 heavy (non-hydrogen) atoms. The number of aliphatic hydroxyl groups is 1. The third-order valence-corrected chi connectivity index (χ3v) is 3.66. The molecule has 3 rings (SSSR count). The molecule has 6 heteroatoms. The second kappa shape index (κ2) is 5.14. The molecule has 2 N–H and O–H groups in total. The largest absolute Gasteiger partial charge is 0.418 e. The highest BCUT2D eigenvalue weighted by molar-refractivity contribution is 5.88. The number of fused-ring (bicyclic) bond motifs is 1. The molecule has 0 fully saturated rings. The van der Waals surface area contributed by atoms with Crippen LogP contribution in [-0.2, 0) is 0 Å². The third kappa shape index (κ3) is 2.46.